The Balaban J connectivity index is 2.31. The van der Waals surface area contributed by atoms with Gasteiger partial charge < -0.3 is 10.5 Å². The fourth-order valence-electron chi connectivity index (χ4n) is 1.61. The summed E-state index contributed by atoms with van der Waals surface area (Å²) < 4.78 is 5.61. The van der Waals surface area contributed by atoms with Gasteiger partial charge in [-0.2, -0.15) is 0 Å². The average molecular weight is 183 g/mol. The third-order valence-corrected chi connectivity index (χ3v) is 3.19. The predicted molar refractivity (Wildman–Crippen MR) is 50.4 cm³/mol. The standard InChI is InChI=1S/C9H13NOS/c1-6(10)9-7-3-5-12-8(7)2-4-11-9/h3,5-6,9H,2,4,10H2,1H3/t6-,9+/m1/s1. The van der Waals surface area contributed by atoms with Crippen molar-refractivity contribution in [2.45, 2.75) is 25.5 Å². The molecular weight excluding hydrogens is 170 g/mol. The highest BCUT2D eigenvalue weighted by molar-refractivity contribution is 7.10. The molecule has 1 aliphatic rings. The summed E-state index contributed by atoms with van der Waals surface area (Å²) in [4.78, 5) is 1.45. The molecule has 0 spiro atoms. The summed E-state index contributed by atoms with van der Waals surface area (Å²) in [5, 5.41) is 2.12. The van der Waals surface area contributed by atoms with Gasteiger partial charge in [-0.15, -0.1) is 11.3 Å². The second kappa shape index (κ2) is 3.17. The quantitative estimate of drug-likeness (QED) is 0.719. The van der Waals surface area contributed by atoms with Gasteiger partial charge in [-0.05, 0) is 23.9 Å². The van der Waals surface area contributed by atoms with Crippen molar-refractivity contribution in [3.63, 3.8) is 0 Å². The minimum absolute atomic E-state index is 0.0960. The minimum atomic E-state index is 0.0960. The van der Waals surface area contributed by atoms with Gasteiger partial charge in [0.25, 0.3) is 0 Å². The lowest BCUT2D eigenvalue weighted by atomic mass is 10.0. The zero-order chi connectivity index (χ0) is 8.55. The second-order valence-electron chi connectivity index (χ2n) is 3.20. The van der Waals surface area contributed by atoms with Crippen molar-refractivity contribution >= 4 is 11.3 Å². The normalized spacial score (nSPS) is 25.0. The van der Waals surface area contributed by atoms with E-state index in [1.54, 1.807) is 0 Å². The fraction of sp³-hybridized carbons (Fsp3) is 0.556. The van der Waals surface area contributed by atoms with E-state index < -0.39 is 0 Å². The molecular formula is C9H13NOS. The van der Waals surface area contributed by atoms with Crippen LogP contribution in [0.4, 0.5) is 0 Å². The van der Waals surface area contributed by atoms with E-state index in [1.165, 1.54) is 10.4 Å². The first-order valence-electron chi connectivity index (χ1n) is 4.22. The molecule has 0 radical (unpaired) electrons. The summed E-state index contributed by atoms with van der Waals surface area (Å²) in [6.45, 7) is 2.82. The molecule has 66 valence electrons. The third kappa shape index (κ3) is 1.28. The Hall–Kier alpha value is -0.380. The summed E-state index contributed by atoms with van der Waals surface area (Å²) in [7, 11) is 0. The highest BCUT2D eigenvalue weighted by atomic mass is 32.1. The van der Waals surface area contributed by atoms with E-state index >= 15 is 0 Å². The Kier molecular flexibility index (Phi) is 2.17. The van der Waals surface area contributed by atoms with Crippen LogP contribution in [0.25, 0.3) is 0 Å². The minimum Gasteiger partial charge on any atom is -0.371 e. The molecule has 2 atom stereocenters. The van der Waals surface area contributed by atoms with Crippen LogP contribution in [0.2, 0.25) is 0 Å². The molecule has 0 fully saturated rings. The summed E-state index contributed by atoms with van der Waals surface area (Å²) >= 11 is 1.81. The molecule has 1 aliphatic heterocycles. The van der Waals surface area contributed by atoms with Crippen LogP contribution in [0.5, 0.6) is 0 Å². The number of rotatable bonds is 1. The molecule has 2 nitrogen and oxygen atoms in total. The summed E-state index contributed by atoms with van der Waals surface area (Å²) in [6, 6.07) is 2.23. The first-order valence-corrected chi connectivity index (χ1v) is 5.10. The number of fused-ring (bicyclic) bond motifs is 1. The van der Waals surface area contributed by atoms with Crippen molar-refractivity contribution in [1.29, 1.82) is 0 Å². The molecule has 0 saturated heterocycles. The number of hydrogen-bond donors (Lipinski definition) is 1. The first-order chi connectivity index (χ1) is 5.79. The monoisotopic (exact) mass is 183 g/mol. The molecule has 1 aromatic heterocycles. The highest BCUT2D eigenvalue weighted by Crippen LogP contribution is 2.32. The molecule has 2 heterocycles. The van der Waals surface area contributed by atoms with E-state index in [9.17, 15) is 0 Å². The van der Waals surface area contributed by atoms with E-state index in [0.29, 0.717) is 0 Å². The van der Waals surface area contributed by atoms with Crippen molar-refractivity contribution in [2.24, 2.45) is 5.73 Å². The molecule has 1 aromatic rings. The van der Waals surface area contributed by atoms with Gasteiger partial charge in [0.1, 0.15) is 0 Å². The summed E-state index contributed by atoms with van der Waals surface area (Å²) in [5.74, 6) is 0. The molecule has 0 amide bonds. The molecule has 0 saturated carbocycles. The molecule has 0 aliphatic carbocycles. The summed E-state index contributed by atoms with van der Waals surface area (Å²) in [5.41, 5.74) is 7.13. The van der Waals surface area contributed by atoms with E-state index in [-0.39, 0.29) is 12.1 Å². The molecule has 3 heteroatoms. The lowest BCUT2D eigenvalue weighted by Crippen LogP contribution is -2.30. The number of hydrogen-bond acceptors (Lipinski definition) is 3. The van der Waals surface area contributed by atoms with Crippen LogP contribution in [0.1, 0.15) is 23.5 Å². The Bertz CT molecular complexity index is 269. The van der Waals surface area contributed by atoms with Gasteiger partial charge in [0.2, 0.25) is 0 Å². The summed E-state index contributed by atoms with van der Waals surface area (Å²) in [6.07, 6.45) is 1.18. The van der Waals surface area contributed by atoms with E-state index in [0.717, 1.165) is 13.0 Å². The Labute approximate surface area is 76.3 Å². The molecule has 2 rings (SSSR count). The average Bonchev–Trinajstić information content (AvgIpc) is 2.49. The zero-order valence-electron chi connectivity index (χ0n) is 7.12. The highest BCUT2D eigenvalue weighted by Gasteiger charge is 2.24. The van der Waals surface area contributed by atoms with Crippen molar-refractivity contribution in [2.75, 3.05) is 6.61 Å². The van der Waals surface area contributed by atoms with Crippen LogP contribution in [-0.2, 0) is 11.2 Å². The van der Waals surface area contributed by atoms with Crippen molar-refractivity contribution in [3.05, 3.63) is 21.9 Å². The number of ether oxygens (including phenoxy) is 1. The van der Waals surface area contributed by atoms with Crippen molar-refractivity contribution in [3.8, 4) is 0 Å². The SMILES string of the molecule is C[C@@H](N)[C@@H]1OCCc2sccc21. The molecule has 0 unspecified atom stereocenters. The van der Waals surface area contributed by atoms with Crippen LogP contribution >= 0.6 is 11.3 Å². The van der Waals surface area contributed by atoms with Gasteiger partial charge in [0.15, 0.2) is 0 Å². The maximum absolute atomic E-state index is 5.82. The number of thiophene rings is 1. The van der Waals surface area contributed by atoms with Gasteiger partial charge in [-0.3, -0.25) is 0 Å². The van der Waals surface area contributed by atoms with Gasteiger partial charge >= 0.3 is 0 Å². The van der Waals surface area contributed by atoms with Crippen molar-refractivity contribution < 1.29 is 4.74 Å². The van der Waals surface area contributed by atoms with Gasteiger partial charge in [0, 0.05) is 17.3 Å². The van der Waals surface area contributed by atoms with Crippen LogP contribution in [0.15, 0.2) is 11.4 Å². The lowest BCUT2D eigenvalue weighted by Gasteiger charge is -2.26. The van der Waals surface area contributed by atoms with E-state index in [1.807, 2.05) is 18.3 Å². The van der Waals surface area contributed by atoms with E-state index in [2.05, 4.69) is 11.4 Å². The fourth-order valence-corrected chi connectivity index (χ4v) is 2.51. The van der Waals surface area contributed by atoms with Gasteiger partial charge in [-0.25, -0.2) is 0 Å². The van der Waals surface area contributed by atoms with Gasteiger partial charge in [0.05, 0.1) is 12.7 Å². The number of nitrogens with two attached hydrogens (primary N) is 1. The first kappa shape index (κ1) is 8.23. The van der Waals surface area contributed by atoms with Crippen molar-refractivity contribution in [1.82, 2.24) is 0 Å². The van der Waals surface area contributed by atoms with Gasteiger partial charge in [-0.1, -0.05) is 0 Å². The van der Waals surface area contributed by atoms with Crippen LogP contribution < -0.4 is 5.73 Å². The van der Waals surface area contributed by atoms with Crippen LogP contribution in [0, 0.1) is 0 Å². The zero-order valence-corrected chi connectivity index (χ0v) is 7.93. The molecule has 0 aromatic carbocycles. The molecule has 2 N–H and O–H groups in total. The van der Waals surface area contributed by atoms with Crippen LogP contribution in [-0.4, -0.2) is 12.6 Å². The molecule has 0 bridgehead atoms. The predicted octanol–water partition coefficient (Wildman–Crippen LogP) is 1.71. The Morgan fingerprint density at radius 1 is 1.75 bits per heavy atom. The van der Waals surface area contributed by atoms with E-state index in [4.69, 9.17) is 10.5 Å². The molecule has 12 heavy (non-hydrogen) atoms. The maximum Gasteiger partial charge on any atom is 0.0983 e. The third-order valence-electron chi connectivity index (χ3n) is 2.19. The smallest absolute Gasteiger partial charge is 0.0983 e. The maximum atomic E-state index is 5.82. The largest absolute Gasteiger partial charge is 0.371 e. The second-order valence-corrected chi connectivity index (χ2v) is 4.20. The van der Waals surface area contributed by atoms with Crippen LogP contribution in [0.3, 0.4) is 0 Å². The Morgan fingerprint density at radius 3 is 3.33 bits per heavy atom. The Morgan fingerprint density at radius 2 is 2.58 bits per heavy atom. The topological polar surface area (TPSA) is 35.2 Å². The lowest BCUT2D eigenvalue weighted by molar-refractivity contribution is 0.0297.